The van der Waals surface area contributed by atoms with Crippen molar-refractivity contribution in [1.82, 2.24) is 4.98 Å². The molecule has 138 valence electrons. The van der Waals surface area contributed by atoms with E-state index >= 15 is 0 Å². The lowest BCUT2D eigenvalue weighted by Gasteiger charge is -2.11. The lowest BCUT2D eigenvalue weighted by Crippen LogP contribution is -2.17. The Hall–Kier alpha value is -3.03. The molecule has 0 aliphatic carbocycles. The summed E-state index contributed by atoms with van der Waals surface area (Å²) in [6.07, 6.45) is 0. The van der Waals surface area contributed by atoms with Crippen LogP contribution >= 0.6 is 27.3 Å². The van der Waals surface area contributed by atoms with Gasteiger partial charge in [-0.1, -0.05) is 46.3 Å². The summed E-state index contributed by atoms with van der Waals surface area (Å²) in [7, 11) is 0. The molecule has 2 aromatic heterocycles. The monoisotopic (exact) mass is 451 g/mol. The van der Waals surface area contributed by atoms with Gasteiger partial charge in [0.2, 0.25) is 0 Å². The molecule has 0 aliphatic rings. The van der Waals surface area contributed by atoms with Gasteiger partial charge in [-0.05, 0) is 35.7 Å². The Bertz CT molecular complexity index is 1220. The Labute approximate surface area is 173 Å². The second kappa shape index (κ2) is 7.53. The van der Waals surface area contributed by atoms with Crippen LogP contribution in [0.2, 0.25) is 0 Å². The molecule has 4 rings (SSSR count). The van der Waals surface area contributed by atoms with Crippen LogP contribution in [-0.2, 0) is 0 Å². The van der Waals surface area contributed by atoms with Crippen molar-refractivity contribution in [2.75, 3.05) is 5.32 Å². The molecule has 3 N–H and O–H groups in total. The summed E-state index contributed by atoms with van der Waals surface area (Å²) in [6.45, 7) is 0. The highest BCUT2D eigenvalue weighted by Crippen LogP contribution is 2.29. The summed E-state index contributed by atoms with van der Waals surface area (Å²) in [4.78, 5) is 29.3. The molecule has 2 amide bonds. The Morgan fingerprint density at radius 3 is 2.61 bits per heavy atom. The van der Waals surface area contributed by atoms with Gasteiger partial charge in [0.15, 0.2) is 0 Å². The Kier molecular flexibility index (Phi) is 4.93. The summed E-state index contributed by atoms with van der Waals surface area (Å²) in [6, 6.07) is 18.6. The van der Waals surface area contributed by atoms with E-state index in [0.717, 1.165) is 15.4 Å². The minimum Gasteiger partial charge on any atom is -0.366 e. The fourth-order valence-electron chi connectivity index (χ4n) is 2.93. The largest absolute Gasteiger partial charge is 0.366 e. The first-order valence-electron chi connectivity index (χ1n) is 8.37. The fraction of sp³-hybridized carbons (Fsp3) is 0. The number of nitrogens with one attached hydrogen (secondary N) is 1. The van der Waals surface area contributed by atoms with Crippen LogP contribution in [0.5, 0.6) is 0 Å². The summed E-state index contributed by atoms with van der Waals surface area (Å²) in [5.74, 6) is -0.897. The SMILES string of the molecule is NC(=O)c1ccsc1NC(=O)c1cc(-c2cccc(Br)c2)nc2ccccc12. The van der Waals surface area contributed by atoms with Crippen molar-refractivity contribution in [3.8, 4) is 11.3 Å². The van der Waals surface area contributed by atoms with E-state index in [1.54, 1.807) is 17.5 Å². The average Bonchev–Trinajstić information content (AvgIpc) is 3.15. The zero-order valence-electron chi connectivity index (χ0n) is 14.5. The molecule has 5 nitrogen and oxygen atoms in total. The Balaban J connectivity index is 1.82. The third kappa shape index (κ3) is 3.54. The van der Waals surface area contributed by atoms with Gasteiger partial charge in [0, 0.05) is 15.4 Å². The smallest absolute Gasteiger partial charge is 0.257 e. The molecule has 0 unspecified atom stereocenters. The van der Waals surface area contributed by atoms with Crippen LogP contribution in [-0.4, -0.2) is 16.8 Å². The second-order valence-electron chi connectivity index (χ2n) is 6.06. The number of hydrogen-bond donors (Lipinski definition) is 2. The number of fused-ring (bicyclic) bond motifs is 1. The molecule has 0 atom stereocenters. The first kappa shape index (κ1) is 18.3. The lowest BCUT2D eigenvalue weighted by atomic mass is 10.0. The molecule has 0 fully saturated rings. The summed E-state index contributed by atoms with van der Waals surface area (Å²) in [5.41, 5.74) is 8.44. The lowest BCUT2D eigenvalue weighted by molar-refractivity contribution is 0.100. The average molecular weight is 452 g/mol. The molecule has 7 heteroatoms. The fourth-order valence-corrected chi connectivity index (χ4v) is 4.12. The highest BCUT2D eigenvalue weighted by Gasteiger charge is 2.17. The minimum absolute atomic E-state index is 0.295. The zero-order chi connectivity index (χ0) is 19.7. The molecular formula is C21H14BrN3O2S. The number of halogens is 1. The van der Waals surface area contributed by atoms with Crippen LogP contribution in [0.25, 0.3) is 22.2 Å². The molecule has 2 heterocycles. The van der Waals surface area contributed by atoms with Crippen LogP contribution in [0.3, 0.4) is 0 Å². The molecule has 0 radical (unpaired) electrons. The second-order valence-corrected chi connectivity index (χ2v) is 7.90. The number of hydrogen-bond acceptors (Lipinski definition) is 4. The number of anilines is 1. The van der Waals surface area contributed by atoms with Crippen LogP contribution in [0, 0.1) is 0 Å². The summed E-state index contributed by atoms with van der Waals surface area (Å²) in [5, 5.41) is 5.69. The standard InChI is InChI=1S/C21H14BrN3O2S/c22-13-5-3-4-12(10-13)18-11-16(14-6-1-2-7-17(14)24-18)20(27)25-21-15(19(23)26)8-9-28-21/h1-11H,(H2,23,26)(H,25,27). The van der Waals surface area contributed by atoms with E-state index in [-0.39, 0.29) is 5.91 Å². The molecule has 28 heavy (non-hydrogen) atoms. The number of pyridine rings is 1. The normalized spacial score (nSPS) is 10.8. The maximum Gasteiger partial charge on any atom is 0.257 e. The third-order valence-corrected chi connectivity index (χ3v) is 5.56. The van der Waals surface area contributed by atoms with Crippen molar-refractivity contribution in [3.05, 3.63) is 81.6 Å². The summed E-state index contributed by atoms with van der Waals surface area (Å²) < 4.78 is 0.927. The van der Waals surface area contributed by atoms with Crippen LogP contribution in [0.4, 0.5) is 5.00 Å². The highest BCUT2D eigenvalue weighted by atomic mass is 79.9. The number of nitrogens with two attached hydrogens (primary N) is 1. The number of thiophene rings is 1. The predicted octanol–water partition coefficient (Wildman–Crippen LogP) is 5.08. The van der Waals surface area contributed by atoms with Crippen molar-refractivity contribution >= 4 is 55.0 Å². The van der Waals surface area contributed by atoms with E-state index in [0.29, 0.717) is 27.3 Å². The molecule has 0 spiro atoms. The van der Waals surface area contributed by atoms with Gasteiger partial charge in [0.1, 0.15) is 5.00 Å². The zero-order valence-corrected chi connectivity index (χ0v) is 16.9. The van der Waals surface area contributed by atoms with E-state index in [1.807, 2.05) is 48.5 Å². The molecule has 4 aromatic rings. The highest BCUT2D eigenvalue weighted by molar-refractivity contribution is 9.10. The molecule has 0 saturated carbocycles. The maximum absolute atomic E-state index is 13.1. The van der Waals surface area contributed by atoms with Gasteiger partial charge in [-0.2, -0.15) is 0 Å². The van der Waals surface area contributed by atoms with Gasteiger partial charge < -0.3 is 11.1 Å². The van der Waals surface area contributed by atoms with E-state index in [1.165, 1.54) is 11.3 Å². The Morgan fingerprint density at radius 2 is 1.82 bits per heavy atom. The van der Waals surface area contributed by atoms with Crippen LogP contribution in [0.1, 0.15) is 20.7 Å². The first-order chi connectivity index (χ1) is 13.5. The minimum atomic E-state index is -0.578. The van der Waals surface area contributed by atoms with E-state index < -0.39 is 5.91 Å². The molecule has 0 bridgehead atoms. The van der Waals surface area contributed by atoms with E-state index in [2.05, 4.69) is 21.2 Å². The number of carbonyl (C=O) groups is 2. The van der Waals surface area contributed by atoms with Gasteiger partial charge in [0.25, 0.3) is 11.8 Å². The van der Waals surface area contributed by atoms with Gasteiger partial charge in [-0.15, -0.1) is 11.3 Å². The van der Waals surface area contributed by atoms with Gasteiger partial charge >= 0.3 is 0 Å². The number of nitrogens with zero attached hydrogens (tertiary/aromatic N) is 1. The van der Waals surface area contributed by atoms with Gasteiger partial charge in [-0.3, -0.25) is 9.59 Å². The van der Waals surface area contributed by atoms with E-state index in [4.69, 9.17) is 10.7 Å². The molecular weight excluding hydrogens is 438 g/mol. The molecule has 2 aromatic carbocycles. The number of primary amides is 1. The quantitative estimate of drug-likeness (QED) is 0.453. The van der Waals surface area contributed by atoms with Crippen molar-refractivity contribution in [1.29, 1.82) is 0 Å². The topological polar surface area (TPSA) is 85.1 Å². The van der Waals surface area contributed by atoms with Crippen molar-refractivity contribution in [2.24, 2.45) is 5.73 Å². The predicted molar refractivity (Wildman–Crippen MR) is 116 cm³/mol. The molecule has 0 saturated heterocycles. The van der Waals surface area contributed by atoms with Crippen LogP contribution in [0.15, 0.2) is 70.5 Å². The number of carbonyl (C=O) groups excluding carboxylic acids is 2. The maximum atomic E-state index is 13.1. The number of aromatic nitrogens is 1. The van der Waals surface area contributed by atoms with Crippen molar-refractivity contribution in [2.45, 2.75) is 0 Å². The first-order valence-corrected chi connectivity index (χ1v) is 10.0. The summed E-state index contributed by atoms with van der Waals surface area (Å²) >= 11 is 4.72. The van der Waals surface area contributed by atoms with Crippen LogP contribution < -0.4 is 11.1 Å². The number of benzene rings is 2. The van der Waals surface area contributed by atoms with Crippen molar-refractivity contribution in [3.63, 3.8) is 0 Å². The Morgan fingerprint density at radius 1 is 1.00 bits per heavy atom. The molecule has 0 aliphatic heterocycles. The van der Waals surface area contributed by atoms with Crippen molar-refractivity contribution < 1.29 is 9.59 Å². The van der Waals surface area contributed by atoms with Gasteiger partial charge in [0.05, 0.1) is 22.3 Å². The number of amides is 2. The third-order valence-electron chi connectivity index (χ3n) is 4.24. The number of para-hydroxylation sites is 1. The van der Waals surface area contributed by atoms with Gasteiger partial charge in [-0.25, -0.2) is 4.98 Å². The number of rotatable bonds is 4. The van der Waals surface area contributed by atoms with E-state index in [9.17, 15) is 9.59 Å².